The number of hydrogen-bond donors (Lipinski definition) is 1. The predicted molar refractivity (Wildman–Crippen MR) is 58.1 cm³/mol. The van der Waals surface area contributed by atoms with E-state index >= 15 is 0 Å². The number of aromatic carboxylic acids is 1. The van der Waals surface area contributed by atoms with Gasteiger partial charge in [-0.3, -0.25) is 0 Å². The Morgan fingerprint density at radius 1 is 1.60 bits per heavy atom. The van der Waals surface area contributed by atoms with Crippen molar-refractivity contribution in [2.45, 2.75) is 25.7 Å². The molecule has 0 aromatic carbocycles. The molecule has 15 heavy (non-hydrogen) atoms. The fraction of sp³-hybridized carbons (Fsp3) is 0.500. The smallest absolute Gasteiger partial charge is 0.371 e. The molecule has 1 N–H and O–H groups in total. The molecule has 0 aliphatic carbocycles. The highest BCUT2D eigenvalue weighted by atomic mass is 32.2. The van der Waals surface area contributed by atoms with E-state index in [9.17, 15) is 4.79 Å². The van der Waals surface area contributed by atoms with Gasteiger partial charge in [-0.25, -0.2) is 4.79 Å². The summed E-state index contributed by atoms with van der Waals surface area (Å²) in [6.45, 7) is 3.94. The number of hydrogen-bond acceptors (Lipinski definition) is 4. The maximum absolute atomic E-state index is 10.5. The number of carboxylic acid groups (broad SMARTS) is 1. The first kappa shape index (κ1) is 12.1. The van der Waals surface area contributed by atoms with Crippen molar-refractivity contribution < 1.29 is 19.1 Å². The zero-order valence-corrected chi connectivity index (χ0v) is 9.54. The van der Waals surface area contributed by atoms with E-state index in [0.717, 1.165) is 0 Å². The van der Waals surface area contributed by atoms with Gasteiger partial charge in [0.1, 0.15) is 5.76 Å². The lowest BCUT2D eigenvalue weighted by molar-refractivity contribution is 0.0661. The van der Waals surface area contributed by atoms with Gasteiger partial charge in [0.05, 0.1) is 17.8 Å². The second kappa shape index (κ2) is 5.82. The Kier molecular flexibility index (Phi) is 4.71. The maximum Gasteiger partial charge on any atom is 0.371 e. The Labute approximate surface area is 92.6 Å². The summed E-state index contributed by atoms with van der Waals surface area (Å²) >= 11 is 1.55. The summed E-state index contributed by atoms with van der Waals surface area (Å²) in [5, 5.41) is 8.62. The Hall–Kier alpha value is -0.940. The Bertz CT molecular complexity index is 319. The standard InChI is InChI=1S/C10H14O4S/c1-7(2)13-6-15-5-8-3-4-9(14-8)10(11)12/h3-4,7H,5-6H2,1-2H3,(H,11,12). The SMILES string of the molecule is CC(C)OCSCc1ccc(C(=O)O)o1. The van der Waals surface area contributed by atoms with Crippen molar-refractivity contribution in [3.8, 4) is 0 Å². The van der Waals surface area contributed by atoms with Gasteiger partial charge in [-0.2, -0.15) is 0 Å². The number of carboxylic acids is 1. The molecule has 84 valence electrons. The van der Waals surface area contributed by atoms with E-state index in [-0.39, 0.29) is 11.9 Å². The van der Waals surface area contributed by atoms with Crippen molar-refractivity contribution in [1.82, 2.24) is 0 Å². The van der Waals surface area contributed by atoms with Crippen LogP contribution in [0.25, 0.3) is 0 Å². The zero-order valence-electron chi connectivity index (χ0n) is 8.73. The predicted octanol–water partition coefficient (Wildman–Crippen LogP) is 2.59. The summed E-state index contributed by atoms with van der Waals surface area (Å²) in [7, 11) is 0. The number of carbonyl (C=O) groups is 1. The number of rotatable bonds is 6. The summed E-state index contributed by atoms with van der Waals surface area (Å²) in [5.41, 5.74) is 0. The molecule has 0 saturated heterocycles. The second-order valence-corrected chi connectivity index (χ2v) is 4.19. The van der Waals surface area contributed by atoms with E-state index in [1.54, 1.807) is 17.8 Å². The minimum absolute atomic E-state index is 0.0182. The van der Waals surface area contributed by atoms with Gasteiger partial charge in [-0.05, 0) is 26.0 Å². The molecule has 1 rings (SSSR count). The van der Waals surface area contributed by atoms with Gasteiger partial charge in [0.25, 0.3) is 0 Å². The normalized spacial score (nSPS) is 10.9. The van der Waals surface area contributed by atoms with Gasteiger partial charge in [0, 0.05) is 0 Å². The molecule has 0 fully saturated rings. The monoisotopic (exact) mass is 230 g/mol. The first-order valence-corrected chi connectivity index (χ1v) is 5.76. The molecule has 4 nitrogen and oxygen atoms in total. The number of furan rings is 1. The lowest BCUT2D eigenvalue weighted by Crippen LogP contribution is -2.01. The highest BCUT2D eigenvalue weighted by Crippen LogP contribution is 2.15. The third kappa shape index (κ3) is 4.40. The van der Waals surface area contributed by atoms with Crippen LogP contribution in [0, 0.1) is 0 Å². The van der Waals surface area contributed by atoms with Gasteiger partial charge < -0.3 is 14.3 Å². The van der Waals surface area contributed by atoms with Gasteiger partial charge in [0.15, 0.2) is 0 Å². The number of thioether (sulfide) groups is 1. The van der Waals surface area contributed by atoms with Crippen molar-refractivity contribution in [1.29, 1.82) is 0 Å². The van der Waals surface area contributed by atoms with E-state index in [2.05, 4.69) is 0 Å². The highest BCUT2D eigenvalue weighted by molar-refractivity contribution is 7.98. The molecule has 1 heterocycles. The summed E-state index contributed by atoms with van der Waals surface area (Å²) in [4.78, 5) is 10.5. The van der Waals surface area contributed by atoms with Crippen molar-refractivity contribution >= 4 is 17.7 Å². The first-order chi connectivity index (χ1) is 7.09. The van der Waals surface area contributed by atoms with Crippen LogP contribution < -0.4 is 0 Å². The molecular weight excluding hydrogens is 216 g/mol. The van der Waals surface area contributed by atoms with Crippen LogP contribution in [0.4, 0.5) is 0 Å². The lowest BCUT2D eigenvalue weighted by Gasteiger charge is -2.05. The fourth-order valence-electron chi connectivity index (χ4n) is 0.897. The average Bonchev–Trinajstić information content (AvgIpc) is 2.60. The molecule has 0 aliphatic rings. The van der Waals surface area contributed by atoms with E-state index in [1.165, 1.54) is 6.07 Å². The van der Waals surface area contributed by atoms with Crippen LogP contribution in [0.1, 0.15) is 30.2 Å². The zero-order chi connectivity index (χ0) is 11.3. The van der Waals surface area contributed by atoms with Crippen molar-refractivity contribution in [2.75, 3.05) is 5.94 Å². The number of ether oxygens (including phenoxy) is 1. The summed E-state index contributed by atoms with van der Waals surface area (Å²) < 4.78 is 10.4. The van der Waals surface area contributed by atoms with Crippen molar-refractivity contribution in [3.63, 3.8) is 0 Å². The molecule has 0 radical (unpaired) electrons. The summed E-state index contributed by atoms with van der Waals surface area (Å²) in [6.07, 6.45) is 0.212. The van der Waals surface area contributed by atoms with Crippen LogP contribution >= 0.6 is 11.8 Å². The Balaban J connectivity index is 2.29. The molecule has 0 bridgehead atoms. The van der Waals surface area contributed by atoms with E-state index in [4.69, 9.17) is 14.3 Å². The van der Waals surface area contributed by atoms with E-state index < -0.39 is 5.97 Å². The molecule has 0 unspecified atom stereocenters. The molecule has 1 aromatic heterocycles. The molecule has 5 heteroatoms. The molecule has 0 amide bonds. The minimum Gasteiger partial charge on any atom is -0.475 e. The Morgan fingerprint density at radius 3 is 2.87 bits per heavy atom. The largest absolute Gasteiger partial charge is 0.475 e. The van der Waals surface area contributed by atoms with Crippen LogP contribution in [-0.2, 0) is 10.5 Å². The first-order valence-electron chi connectivity index (χ1n) is 4.61. The van der Waals surface area contributed by atoms with Crippen LogP contribution in [-0.4, -0.2) is 23.1 Å². The van der Waals surface area contributed by atoms with E-state index in [1.807, 2.05) is 13.8 Å². The quantitative estimate of drug-likeness (QED) is 0.601. The van der Waals surface area contributed by atoms with Crippen LogP contribution in [0.2, 0.25) is 0 Å². The molecule has 0 aliphatic heterocycles. The summed E-state index contributed by atoms with van der Waals surface area (Å²) in [5.74, 6) is 0.811. The average molecular weight is 230 g/mol. The van der Waals surface area contributed by atoms with Crippen LogP contribution in [0.3, 0.4) is 0 Å². The second-order valence-electron chi connectivity index (χ2n) is 3.25. The fourth-order valence-corrected chi connectivity index (χ4v) is 1.70. The molecule has 1 aromatic rings. The maximum atomic E-state index is 10.5. The highest BCUT2D eigenvalue weighted by Gasteiger charge is 2.08. The van der Waals surface area contributed by atoms with Crippen LogP contribution in [0.15, 0.2) is 16.5 Å². The summed E-state index contributed by atoms with van der Waals surface area (Å²) in [6, 6.07) is 3.13. The van der Waals surface area contributed by atoms with Gasteiger partial charge in [-0.15, -0.1) is 11.8 Å². The Morgan fingerprint density at radius 2 is 2.33 bits per heavy atom. The molecule has 0 saturated carbocycles. The molecule has 0 spiro atoms. The van der Waals surface area contributed by atoms with Crippen LogP contribution in [0.5, 0.6) is 0 Å². The lowest BCUT2D eigenvalue weighted by atomic mass is 10.4. The van der Waals surface area contributed by atoms with Gasteiger partial charge in [-0.1, -0.05) is 0 Å². The van der Waals surface area contributed by atoms with Gasteiger partial charge >= 0.3 is 5.97 Å². The van der Waals surface area contributed by atoms with Crippen molar-refractivity contribution in [3.05, 3.63) is 23.7 Å². The van der Waals surface area contributed by atoms with Crippen molar-refractivity contribution in [2.24, 2.45) is 0 Å². The molecular formula is C10H14O4S. The van der Waals surface area contributed by atoms with Gasteiger partial charge in [0.2, 0.25) is 5.76 Å². The third-order valence-corrected chi connectivity index (χ3v) is 2.39. The topological polar surface area (TPSA) is 59.7 Å². The third-order valence-electron chi connectivity index (χ3n) is 1.60. The van der Waals surface area contributed by atoms with E-state index in [0.29, 0.717) is 17.5 Å². The molecule has 0 atom stereocenters. The minimum atomic E-state index is -1.04.